The monoisotopic (exact) mass is 318 g/mol. The summed E-state index contributed by atoms with van der Waals surface area (Å²) in [6.07, 6.45) is 1.88. The van der Waals surface area contributed by atoms with Gasteiger partial charge in [-0.15, -0.1) is 0 Å². The van der Waals surface area contributed by atoms with Crippen LogP contribution in [0.4, 0.5) is 0 Å². The first-order chi connectivity index (χ1) is 9.85. The van der Waals surface area contributed by atoms with E-state index in [4.69, 9.17) is 5.11 Å². The fourth-order valence-corrected chi connectivity index (χ4v) is 4.49. The fraction of sp³-hybridized carbons (Fsp3) is 0.846. The third-order valence-corrected chi connectivity index (χ3v) is 5.79. The lowest BCUT2D eigenvalue weighted by Gasteiger charge is -2.33. The van der Waals surface area contributed by atoms with E-state index in [1.54, 1.807) is 4.90 Å². The second-order valence-corrected chi connectivity index (χ2v) is 8.14. The van der Waals surface area contributed by atoms with E-state index in [0.29, 0.717) is 19.6 Å². The Bertz CT molecular complexity index is 505. The number of carboxylic acid groups (broad SMARTS) is 1. The number of piperidine rings is 1. The molecule has 0 aromatic heterocycles. The molecule has 2 heterocycles. The molecule has 1 amide bonds. The molecule has 0 aromatic rings. The SMILES string of the molecule is O=C(O)CC1CCCN(C(=O)CC2CS(=O)(=O)CCN2)C1. The predicted molar refractivity (Wildman–Crippen MR) is 76.6 cm³/mol. The molecule has 0 bridgehead atoms. The molecule has 0 aromatic carbocycles. The van der Waals surface area contributed by atoms with Crippen LogP contribution in [0.3, 0.4) is 0 Å². The molecule has 120 valence electrons. The zero-order valence-electron chi connectivity index (χ0n) is 12.0. The van der Waals surface area contributed by atoms with Crippen LogP contribution in [-0.2, 0) is 19.4 Å². The minimum Gasteiger partial charge on any atom is -0.481 e. The van der Waals surface area contributed by atoms with Gasteiger partial charge in [0.25, 0.3) is 0 Å². The van der Waals surface area contributed by atoms with Gasteiger partial charge in [-0.1, -0.05) is 0 Å². The van der Waals surface area contributed by atoms with E-state index in [0.717, 1.165) is 12.8 Å². The summed E-state index contributed by atoms with van der Waals surface area (Å²) in [6, 6.07) is -0.323. The normalized spacial score (nSPS) is 29.0. The third-order valence-electron chi connectivity index (χ3n) is 4.06. The molecule has 2 aliphatic rings. The van der Waals surface area contributed by atoms with Crippen molar-refractivity contribution in [2.24, 2.45) is 5.92 Å². The lowest BCUT2D eigenvalue weighted by molar-refractivity contribution is -0.140. The van der Waals surface area contributed by atoms with Gasteiger partial charge >= 0.3 is 5.97 Å². The van der Waals surface area contributed by atoms with Crippen molar-refractivity contribution in [1.29, 1.82) is 0 Å². The molecule has 0 spiro atoms. The molecule has 2 aliphatic heterocycles. The van der Waals surface area contributed by atoms with Gasteiger partial charge in [-0.3, -0.25) is 9.59 Å². The largest absolute Gasteiger partial charge is 0.481 e. The maximum atomic E-state index is 12.3. The van der Waals surface area contributed by atoms with Crippen molar-refractivity contribution >= 4 is 21.7 Å². The second kappa shape index (κ2) is 6.74. The van der Waals surface area contributed by atoms with Gasteiger partial charge in [-0.2, -0.15) is 0 Å². The number of carbonyl (C=O) groups excluding carboxylic acids is 1. The summed E-state index contributed by atoms with van der Waals surface area (Å²) in [5, 5.41) is 11.9. The standard InChI is InChI=1S/C13H22N2O5S/c16-12(7-11-9-21(19,20)5-3-14-11)15-4-1-2-10(8-15)6-13(17)18/h10-11,14H,1-9H2,(H,17,18). The Kier molecular flexibility index (Phi) is 5.21. The average Bonchev–Trinajstić information content (AvgIpc) is 2.37. The minimum absolute atomic E-state index is 0.00301. The molecule has 0 aliphatic carbocycles. The number of aliphatic carboxylic acids is 1. The fourth-order valence-electron chi connectivity index (χ4n) is 3.04. The van der Waals surface area contributed by atoms with Gasteiger partial charge in [-0.25, -0.2) is 8.42 Å². The Hall–Kier alpha value is -1.15. The number of hydrogen-bond acceptors (Lipinski definition) is 5. The first-order valence-corrected chi connectivity index (χ1v) is 9.11. The van der Waals surface area contributed by atoms with Crippen LogP contribution in [0.5, 0.6) is 0 Å². The van der Waals surface area contributed by atoms with Crippen LogP contribution in [-0.4, -0.2) is 67.5 Å². The van der Waals surface area contributed by atoms with E-state index in [9.17, 15) is 18.0 Å². The van der Waals surface area contributed by atoms with Gasteiger partial charge in [0.1, 0.15) is 0 Å². The van der Waals surface area contributed by atoms with E-state index < -0.39 is 15.8 Å². The van der Waals surface area contributed by atoms with Crippen LogP contribution in [0, 0.1) is 5.92 Å². The van der Waals surface area contributed by atoms with Gasteiger partial charge in [0.15, 0.2) is 9.84 Å². The predicted octanol–water partition coefficient (Wildman–Crippen LogP) is -0.524. The van der Waals surface area contributed by atoms with Gasteiger partial charge in [0.05, 0.1) is 11.5 Å². The summed E-state index contributed by atoms with van der Waals surface area (Å²) in [7, 11) is -3.05. The Labute approximate surface area is 124 Å². The number of likely N-dealkylation sites (tertiary alicyclic amines) is 1. The maximum Gasteiger partial charge on any atom is 0.303 e. The Morgan fingerprint density at radius 3 is 2.71 bits per heavy atom. The van der Waals surface area contributed by atoms with Crippen LogP contribution in [0.1, 0.15) is 25.7 Å². The Morgan fingerprint density at radius 2 is 2.05 bits per heavy atom. The summed E-state index contributed by atoms with van der Waals surface area (Å²) >= 11 is 0. The van der Waals surface area contributed by atoms with Crippen molar-refractivity contribution in [3.8, 4) is 0 Å². The molecule has 21 heavy (non-hydrogen) atoms. The topological polar surface area (TPSA) is 104 Å². The number of nitrogens with zero attached hydrogens (tertiary/aromatic N) is 1. The van der Waals surface area contributed by atoms with Crippen LogP contribution in [0.15, 0.2) is 0 Å². The van der Waals surface area contributed by atoms with Crippen molar-refractivity contribution in [3.05, 3.63) is 0 Å². The maximum absolute atomic E-state index is 12.3. The number of carboxylic acids is 1. The van der Waals surface area contributed by atoms with Crippen LogP contribution < -0.4 is 5.32 Å². The van der Waals surface area contributed by atoms with E-state index in [1.807, 2.05) is 0 Å². The number of carbonyl (C=O) groups is 2. The van der Waals surface area contributed by atoms with Gasteiger partial charge in [0.2, 0.25) is 5.91 Å². The van der Waals surface area contributed by atoms with E-state index in [2.05, 4.69) is 5.32 Å². The van der Waals surface area contributed by atoms with Crippen LogP contribution in [0.2, 0.25) is 0 Å². The molecule has 0 radical (unpaired) electrons. The van der Waals surface area contributed by atoms with Crippen molar-refractivity contribution in [2.45, 2.75) is 31.7 Å². The summed E-state index contributed by atoms with van der Waals surface area (Å²) in [6.45, 7) is 1.49. The van der Waals surface area contributed by atoms with Crippen molar-refractivity contribution in [2.75, 3.05) is 31.1 Å². The van der Waals surface area contributed by atoms with Gasteiger partial charge in [0, 0.05) is 38.5 Å². The molecular weight excluding hydrogens is 296 g/mol. The Morgan fingerprint density at radius 1 is 1.29 bits per heavy atom. The molecule has 2 atom stereocenters. The molecule has 8 heteroatoms. The van der Waals surface area contributed by atoms with E-state index in [-0.39, 0.29) is 42.2 Å². The summed E-state index contributed by atoms with van der Waals surface area (Å²) in [4.78, 5) is 24.7. The molecule has 2 N–H and O–H groups in total. The molecular formula is C13H22N2O5S. The van der Waals surface area contributed by atoms with E-state index >= 15 is 0 Å². The smallest absolute Gasteiger partial charge is 0.303 e. The summed E-state index contributed by atoms with van der Waals surface area (Å²) in [5.74, 6) is -0.787. The number of sulfone groups is 1. The first-order valence-electron chi connectivity index (χ1n) is 7.29. The lowest BCUT2D eigenvalue weighted by Crippen LogP contribution is -2.49. The number of rotatable bonds is 4. The number of hydrogen-bond donors (Lipinski definition) is 2. The zero-order valence-corrected chi connectivity index (χ0v) is 12.8. The zero-order chi connectivity index (χ0) is 15.5. The van der Waals surface area contributed by atoms with Crippen molar-refractivity contribution in [3.63, 3.8) is 0 Å². The third kappa shape index (κ3) is 4.96. The second-order valence-electron chi connectivity index (χ2n) is 5.92. The first kappa shape index (κ1) is 16.2. The van der Waals surface area contributed by atoms with Gasteiger partial charge in [-0.05, 0) is 18.8 Å². The highest BCUT2D eigenvalue weighted by Crippen LogP contribution is 2.20. The molecule has 2 saturated heterocycles. The molecule has 0 saturated carbocycles. The van der Waals surface area contributed by atoms with E-state index in [1.165, 1.54) is 0 Å². The van der Waals surface area contributed by atoms with Gasteiger partial charge < -0.3 is 15.3 Å². The molecule has 2 unspecified atom stereocenters. The average molecular weight is 318 g/mol. The number of amides is 1. The highest BCUT2D eigenvalue weighted by Gasteiger charge is 2.30. The highest BCUT2D eigenvalue weighted by atomic mass is 32.2. The van der Waals surface area contributed by atoms with Crippen LogP contribution >= 0.6 is 0 Å². The van der Waals surface area contributed by atoms with Crippen molar-refractivity contribution < 1.29 is 23.1 Å². The minimum atomic E-state index is -3.05. The molecule has 2 fully saturated rings. The molecule has 2 rings (SSSR count). The summed E-state index contributed by atoms with van der Waals surface area (Å²) in [5.41, 5.74) is 0. The summed E-state index contributed by atoms with van der Waals surface area (Å²) < 4.78 is 23.1. The van der Waals surface area contributed by atoms with Crippen LogP contribution in [0.25, 0.3) is 0 Å². The highest BCUT2D eigenvalue weighted by molar-refractivity contribution is 7.91. The number of nitrogens with one attached hydrogen (secondary N) is 1. The molecule has 7 nitrogen and oxygen atoms in total. The Balaban J connectivity index is 1.86. The van der Waals surface area contributed by atoms with Crippen molar-refractivity contribution in [1.82, 2.24) is 10.2 Å². The quantitative estimate of drug-likeness (QED) is 0.722. The lowest BCUT2D eigenvalue weighted by atomic mass is 9.94.